The number of rotatable bonds is 5. The first-order chi connectivity index (χ1) is 8.95. The normalized spacial score (nSPS) is 9.74. The molecule has 0 aliphatic carbocycles. The second kappa shape index (κ2) is 6.28. The number of esters is 1. The molecule has 9 heteroatoms. The van der Waals surface area contributed by atoms with Crippen LogP contribution >= 0.6 is 0 Å². The van der Waals surface area contributed by atoms with Crippen LogP contribution in [-0.4, -0.2) is 35.6 Å². The number of ether oxygens (including phenoxy) is 1. The Hall–Kier alpha value is -2.71. The first-order valence-corrected chi connectivity index (χ1v) is 5.20. The molecule has 102 valence electrons. The second-order valence-electron chi connectivity index (χ2n) is 3.45. The summed E-state index contributed by atoms with van der Waals surface area (Å²) in [6, 6.07) is 1.65. The zero-order chi connectivity index (χ0) is 14.4. The van der Waals surface area contributed by atoms with Crippen molar-refractivity contribution in [3.8, 4) is 0 Å². The number of anilines is 1. The number of amides is 2. The Balaban J connectivity index is 2.93. The Morgan fingerprint density at radius 2 is 2.26 bits per heavy atom. The van der Waals surface area contributed by atoms with E-state index in [9.17, 15) is 19.7 Å². The molecule has 0 saturated carbocycles. The summed E-state index contributed by atoms with van der Waals surface area (Å²) in [7, 11) is 1.22. The zero-order valence-electron chi connectivity index (χ0n) is 10.1. The van der Waals surface area contributed by atoms with Gasteiger partial charge in [0.25, 0.3) is 0 Å². The lowest BCUT2D eigenvalue weighted by Crippen LogP contribution is -2.37. The molecule has 0 fully saturated rings. The molecule has 9 nitrogen and oxygen atoms in total. The van der Waals surface area contributed by atoms with Gasteiger partial charge in [0, 0.05) is 12.6 Å². The van der Waals surface area contributed by atoms with Gasteiger partial charge < -0.3 is 20.6 Å². The lowest BCUT2D eigenvalue weighted by atomic mass is 10.3. The molecule has 0 aliphatic rings. The van der Waals surface area contributed by atoms with Crippen molar-refractivity contribution in [2.75, 3.05) is 18.6 Å². The Morgan fingerprint density at radius 1 is 1.58 bits per heavy atom. The maximum absolute atomic E-state index is 11.3. The van der Waals surface area contributed by atoms with Crippen LogP contribution in [-0.2, 0) is 9.53 Å². The molecule has 2 amide bonds. The smallest absolute Gasteiger partial charge is 0.365 e. The quantitative estimate of drug-likeness (QED) is 0.468. The number of pyridine rings is 1. The molecule has 0 bridgehead atoms. The fourth-order valence-corrected chi connectivity index (χ4v) is 1.35. The van der Waals surface area contributed by atoms with Crippen LogP contribution in [0.3, 0.4) is 0 Å². The topological polar surface area (TPSA) is 129 Å². The van der Waals surface area contributed by atoms with Gasteiger partial charge in [-0.05, 0) is 9.91 Å². The summed E-state index contributed by atoms with van der Waals surface area (Å²) in [5.74, 6) is -0.934. The van der Waals surface area contributed by atoms with Gasteiger partial charge in [-0.1, -0.05) is 0 Å². The van der Waals surface area contributed by atoms with Gasteiger partial charge in [0.2, 0.25) is 0 Å². The number of aromatic nitrogens is 1. The van der Waals surface area contributed by atoms with Gasteiger partial charge in [0.15, 0.2) is 0 Å². The number of methoxy groups -OCH3 is 1. The van der Waals surface area contributed by atoms with Crippen LogP contribution in [0.1, 0.15) is 6.42 Å². The van der Waals surface area contributed by atoms with Crippen molar-refractivity contribution in [3.05, 3.63) is 28.4 Å². The largest absolute Gasteiger partial charge is 0.469 e. The van der Waals surface area contributed by atoms with Crippen LogP contribution in [0.15, 0.2) is 18.3 Å². The van der Waals surface area contributed by atoms with Gasteiger partial charge in [0.1, 0.15) is 6.20 Å². The lowest BCUT2D eigenvalue weighted by Gasteiger charge is -2.19. The SMILES string of the molecule is COC(=O)CCN(C(N)=O)c1ccnc([N+](=O)[O-])c1. The lowest BCUT2D eigenvalue weighted by molar-refractivity contribution is -0.389. The summed E-state index contributed by atoms with van der Waals surface area (Å²) >= 11 is 0. The Bertz CT molecular complexity index is 504. The predicted molar refractivity (Wildman–Crippen MR) is 64.5 cm³/mol. The highest BCUT2D eigenvalue weighted by molar-refractivity contribution is 5.91. The van der Waals surface area contributed by atoms with E-state index in [0.717, 1.165) is 11.0 Å². The summed E-state index contributed by atoms with van der Waals surface area (Å²) in [5.41, 5.74) is 5.36. The molecule has 0 aromatic carbocycles. The Morgan fingerprint density at radius 3 is 2.79 bits per heavy atom. The first kappa shape index (κ1) is 14.4. The number of carbonyl (C=O) groups excluding carboxylic acids is 2. The van der Waals surface area contributed by atoms with Crippen LogP contribution in [0, 0.1) is 10.1 Å². The van der Waals surface area contributed by atoms with Gasteiger partial charge in [-0.2, -0.15) is 0 Å². The average Bonchev–Trinajstić information content (AvgIpc) is 2.38. The van der Waals surface area contributed by atoms with Crippen molar-refractivity contribution < 1.29 is 19.2 Å². The van der Waals surface area contributed by atoms with Crippen molar-refractivity contribution in [3.63, 3.8) is 0 Å². The molecule has 1 aromatic heterocycles. The van der Waals surface area contributed by atoms with E-state index in [1.54, 1.807) is 0 Å². The molecule has 19 heavy (non-hydrogen) atoms. The molecule has 0 unspecified atom stereocenters. The third kappa shape index (κ3) is 3.91. The molecular weight excluding hydrogens is 256 g/mol. The van der Waals surface area contributed by atoms with Gasteiger partial charge >= 0.3 is 17.8 Å². The third-order valence-electron chi connectivity index (χ3n) is 2.26. The summed E-state index contributed by atoms with van der Waals surface area (Å²) in [5, 5.41) is 10.6. The number of primary amides is 1. The van der Waals surface area contributed by atoms with Crippen molar-refractivity contribution in [1.82, 2.24) is 4.98 Å². The molecule has 0 atom stereocenters. The van der Waals surface area contributed by atoms with Gasteiger partial charge in [-0.3, -0.25) is 9.69 Å². The molecule has 0 aliphatic heterocycles. The average molecular weight is 268 g/mol. The highest BCUT2D eigenvalue weighted by Gasteiger charge is 2.17. The Kier molecular flexibility index (Phi) is 4.75. The molecule has 0 spiro atoms. The van der Waals surface area contributed by atoms with Crippen LogP contribution in [0.2, 0.25) is 0 Å². The van der Waals surface area contributed by atoms with Crippen molar-refractivity contribution >= 4 is 23.5 Å². The predicted octanol–water partition coefficient (Wildman–Crippen LogP) is 0.438. The first-order valence-electron chi connectivity index (χ1n) is 5.20. The minimum atomic E-state index is -0.829. The number of hydrogen-bond donors (Lipinski definition) is 1. The van der Waals surface area contributed by atoms with Crippen LogP contribution in [0.25, 0.3) is 0 Å². The van der Waals surface area contributed by atoms with E-state index in [2.05, 4.69) is 9.72 Å². The molecule has 0 saturated heterocycles. The van der Waals surface area contributed by atoms with Crippen LogP contribution in [0.5, 0.6) is 0 Å². The maximum Gasteiger partial charge on any atom is 0.365 e. The van der Waals surface area contributed by atoms with Crippen LogP contribution < -0.4 is 10.6 Å². The van der Waals surface area contributed by atoms with Crippen molar-refractivity contribution in [2.24, 2.45) is 5.73 Å². The molecular formula is C10H12N4O5. The molecule has 0 radical (unpaired) electrons. The number of nitro groups is 1. The Labute approximate surface area is 108 Å². The molecule has 2 N–H and O–H groups in total. The second-order valence-corrected chi connectivity index (χ2v) is 3.45. The van der Waals surface area contributed by atoms with E-state index in [1.807, 2.05) is 0 Å². The molecule has 1 aromatic rings. The minimum Gasteiger partial charge on any atom is -0.469 e. The van der Waals surface area contributed by atoms with Crippen molar-refractivity contribution in [1.29, 1.82) is 0 Å². The van der Waals surface area contributed by atoms with E-state index in [-0.39, 0.29) is 18.7 Å². The number of nitrogens with two attached hydrogens (primary N) is 1. The number of carbonyl (C=O) groups is 2. The van der Waals surface area contributed by atoms with Gasteiger partial charge in [-0.15, -0.1) is 0 Å². The monoisotopic (exact) mass is 268 g/mol. The van der Waals surface area contributed by atoms with Crippen molar-refractivity contribution in [2.45, 2.75) is 6.42 Å². The fourth-order valence-electron chi connectivity index (χ4n) is 1.35. The minimum absolute atomic E-state index is 0.0385. The van der Waals surface area contributed by atoms with Gasteiger partial charge in [-0.25, -0.2) is 4.79 Å². The fraction of sp³-hybridized carbons (Fsp3) is 0.300. The van der Waals surface area contributed by atoms with E-state index < -0.39 is 22.7 Å². The highest BCUT2D eigenvalue weighted by Crippen LogP contribution is 2.18. The van der Waals surface area contributed by atoms with E-state index >= 15 is 0 Å². The maximum atomic E-state index is 11.3. The highest BCUT2D eigenvalue weighted by atomic mass is 16.6. The summed E-state index contributed by atoms with van der Waals surface area (Å²) < 4.78 is 4.44. The van der Waals surface area contributed by atoms with E-state index in [1.165, 1.54) is 19.4 Å². The summed E-state index contributed by atoms with van der Waals surface area (Å²) in [6.07, 6.45) is 1.11. The molecule has 1 heterocycles. The van der Waals surface area contributed by atoms with E-state index in [4.69, 9.17) is 5.73 Å². The summed E-state index contributed by atoms with van der Waals surface area (Å²) in [6.45, 7) is -0.0385. The van der Waals surface area contributed by atoms with E-state index in [0.29, 0.717) is 0 Å². The zero-order valence-corrected chi connectivity index (χ0v) is 10.1. The van der Waals surface area contributed by atoms with Crippen LogP contribution in [0.4, 0.5) is 16.3 Å². The molecule has 1 rings (SSSR count). The number of hydrogen-bond acceptors (Lipinski definition) is 6. The summed E-state index contributed by atoms with van der Waals surface area (Å²) in [4.78, 5) is 36.8. The number of nitrogens with zero attached hydrogens (tertiary/aromatic N) is 3. The standard InChI is InChI=1S/C10H12N4O5/c1-19-9(15)3-5-13(10(11)16)7-2-4-12-8(6-7)14(17)18/h2,4,6H,3,5H2,1H3,(H2,11,16). The van der Waals surface area contributed by atoms with Gasteiger partial charge in [0.05, 0.1) is 25.3 Å². The third-order valence-corrected chi connectivity index (χ3v) is 2.26. The number of urea groups is 1.